The van der Waals surface area contributed by atoms with Crippen molar-refractivity contribution in [1.82, 2.24) is 15.3 Å². The molecule has 0 fully saturated rings. The molecule has 1 atom stereocenters. The number of benzene rings is 3. The molecule has 1 heterocycles. The molecule has 1 aromatic heterocycles. The lowest BCUT2D eigenvalue weighted by Crippen LogP contribution is -2.30. The number of halogens is 1. The summed E-state index contributed by atoms with van der Waals surface area (Å²) in [5.41, 5.74) is 3.78. The standard InChI is InChI=1S/C27H22FN3O2/c28-21-12-8-19(9-13-21)26-29-17-16-25(31-26)33-22-14-10-20(11-15-22)27(32)30-24-7-3-5-18-4-1-2-6-23(18)24/h1-2,4,6,8-17,24H,3,5,7H2,(H,30,32). The predicted octanol–water partition coefficient (Wildman–Crippen LogP) is 5.88. The Kier molecular flexibility index (Phi) is 5.81. The number of ether oxygens (including phenoxy) is 1. The highest BCUT2D eigenvalue weighted by molar-refractivity contribution is 5.94. The lowest BCUT2D eigenvalue weighted by Gasteiger charge is -2.26. The van der Waals surface area contributed by atoms with Gasteiger partial charge in [-0.05, 0) is 78.9 Å². The van der Waals surface area contributed by atoms with E-state index >= 15 is 0 Å². The van der Waals surface area contributed by atoms with E-state index in [0.29, 0.717) is 28.6 Å². The van der Waals surface area contributed by atoms with E-state index in [2.05, 4.69) is 27.4 Å². The number of amides is 1. The Morgan fingerprint density at radius 1 is 0.970 bits per heavy atom. The van der Waals surface area contributed by atoms with Crippen LogP contribution in [0.2, 0.25) is 0 Å². The maximum atomic E-state index is 13.2. The quantitative estimate of drug-likeness (QED) is 0.422. The molecule has 0 bridgehead atoms. The van der Waals surface area contributed by atoms with Crippen molar-refractivity contribution in [2.24, 2.45) is 0 Å². The number of aryl methyl sites for hydroxylation is 1. The van der Waals surface area contributed by atoms with Gasteiger partial charge in [0.2, 0.25) is 5.88 Å². The van der Waals surface area contributed by atoms with Crippen LogP contribution in [0.25, 0.3) is 11.4 Å². The van der Waals surface area contributed by atoms with Crippen LogP contribution in [0.1, 0.15) is 40.4 Å². The summed E-state index contributed by atoms with van der Waals surface area (Å²) in [6.07, 6.45) is 4.65. The molecule has 5 nitrogen and oxygen atoms in total. The van der Waals surface area contributed by atoms with Gasteiger partial charge in [0.25, 0.3) is 5.91 Å². The fourth-order valence-electron chi connectivity index (χ4n) is 4.08. The second-order valence-electron chi connectivity index (χ2n) is 7.97. The first-order valence-electron chi connectivity index (χ1n) is 10.9. The van der Waals surface area contributed by atoms with Crippen LogP contribution in [0.4, 0.5) is 4.39 Å². The number of nitrogens with zero attached hydrogens (tertiary/aromatic N) is 2. The molecule has 0 spiro atoms. The van der Waals surface area contributed by atoms with Gasteiger partial charge in [-0.2, -0.15) is 4.98 Å². The first kappa shape index (κ1) is 20.8. The highest BCUT2D eigenvalue weighted by Gasteiger charge is 2.21. The molecule has 1 amide bonds. The van der Waals surface area contributed by atoms with Crippen molar-refractivity contribution in [3.8, 4) is 23.0 Å². The van der Waals surface area contributed by atoms with Crippen molar-refractivity contribution in [2.75, 3.05) is 0 Å². The molecule has 164 valence electrons. The molecular formula is C27H22FN3O2. The smallest absolute Gasteiger partial charge is 0.251 e. The van der Waals surface area contributed by atoms with Crippen LogP contribution in [-0.4, -0.2) is 15.9 Å². The first-order chi connectivity index (χ1) is 16.2. The number of hydrogen-bond donors (Lipinski definition) is 1. The van der Waals surface area contributed by atoms with Crippen LogP contribution >= 0.6 is 0 Å². The van der Waals surface area contributed by atoms with Gasteiger partial charge in [-0.25, -0.2) is 9.37 Å². The van der Waals surface area contributed by atoms with Gasteiger partial charge < -0.3 is 10.1 Å². The number of fused-ring (bicyclic) bond motifs is 1. The van der Waals surface area contributed by atoms with Crippen molar-refractivity contribution in [3.63, 3.8) is 0 Å². The van der Waals surface area contributed by atoms with Crippen molar-refractivity contribution in [3.05, 3.63) is 108 Å². The molecule has 33 heavy (non-hydrogen) atoms. The maximum Gasteiger partial charge on any atom is 0.251 e. The second-order valence-corrected chi connectivity index (χ2v) is 7.97. The Morgan fingerprint density at radius 3 is 2.58 bits per heavy atom. The third kappa shape index (κ3) is 4.75. The van der Waals surface area contributed by atoms with Crippen molar-refractivity contribution < 1.29 is 13.9 Å². The molecule has 1 unspecified atom stereocenters. The fourth-order valence-corrected chi connectivity index (χ4v) is 4.08. The van der Waals surface area contributed by atoms with E-state index in [1.165, 1.54) is 23.3 Å². The van der Waals surface area contributed by atoms with Gasteiger partial charge in [-0.1, -0.05) is 24.3 Å². The zero-order valence-corrected chi connectivity index (χ0v) is 17.9. The van der Waals surface area contributed by atoms with E-state index in [-0.39, 0.29) is 17.8 Å². The molecule has 1 aliphatic rings. The normalized spacial score (nSPS) is 14.9. The summed E-state index contributed by atoms with van der Waals surface area (Å²) < 4.78 is 19.0. The Morgan fingerprint density at radius 2 is 1.76 bits per heavy atom. The van der Waals surface area contributed by atoms with Gasteiger partial charge in [0.1, 0.15) is 11.6 Å². The minimum Gasteiger partial charge on any atom is -0.439 e. The summed E-state index contributed by atoms with van der Waals surface area (Å²) in [6.45, 7) is 0. The zero-order valence-electron chi connectivity index (χ0n) is 17.9. The number of carbonyl (C=O) groups excluding carboxylic acids is 1. The molecule has 6 heteroatoms. The average Bonchev–Trinajstić information content (AvgIpc) is 2.85. The van der Waals surface area contributed by atoms with Crippen molar-refractivity contribution >= 4 is 5.91 Å². The summed E-state index contributed by atoms with van der Waals surface area (Å²) >= 11 is 0. The molecule has 1 N–H and O–H groups in total. The van der Waals surface area contributed by atoms with E-state index in [1.54, 1.807) is 48.7 Å². The second kappa shape index (κ2) is 9.20. The highest BCUT2D eigenvalue weighted by atomic mass is 19.1. The topological polar surface area (TPSA) is 64.1 Å². The first-order valence-corrected chi connectivity index (χ1v) is 10.9. The van der Waals surface area contributed by atoms with E-state index in [1.807, 2.05) is 12.1 Å². The number of rotatable bonds is 5. The molecule has 0 saturated carbocycles. The Labute approximate surface area is 191 Å². The van der Waals surface area contributed by atoms with Crippen LogP contribution in [-0.2, 0) is 6.42 Å². The van der Waals surface area contributed by atoms with E-state index in [4.69, 9.17) is 4.74 Å². The molecule has 5 rings (SSSR count). The lowest BCUT2D eigenvalue weighted by molar-refractivity contribution is 0.0932. The Balaban J connectivity index is 1.26. The molecule has 0 saturated heterocycles. The van der Waals surface area contributed by atoms with Gasteiger partial charge in [-0.15, -0.1) is 0 Å². The largest absolute Gasteiger partial charge is 0.439 e. The van der Waals surface area contributed by atoms with Crippen LogP contribution in [0, 0.1) is 5.82 Å². The lowest BCUT2D eigenvalue weighted by atomic mass is 9.87. The molecule has 1 aliphatic carbocycles. The van der Waals surface area contributed by atoms with Crippen LogP contribution in [0.3, 0.4) is 0 Å². The van der Waals surface area contributed by atoms with Crippen LogP contribution in [0.5, 0.6) is 11.6 Å². The molecule has 0 radical (unpaired) electrons. The van der Waals surface area contributed by atoms with Gasteiger partial charge in [-0.3, -0.25) is 4.79 Å². The van der Waals surface area contributed by atoms with Gasteiger partial charge >= 0.3 is 0 Å². The van der Waals surface area contributed by atoms with E-state index in [0.717, 1.165) is 19.3 Å². The summed E-state index contributed by atoms with van der Waals surface area (Å²) in [5.74, 6) is 0.932. The molecule has 4 aromatic rings. The van der Waals surface area contributed by atoms with Gasteiger partial charge in [0.15, 0.2) is 5.82 Å². The van der Waals surface area contributed by atoms with Crippen molar-refractivity contribution in [2.45, 2.75) is 25.3 Å². The number of carbonyl (C=O) groups is 1. The van der Waals surface area contributed by atoms with Gasteiger partial charge in [0, 0.05) is 23.4 Å². The minimum absolute atomic E-state index is 0.0317. The molecular weight excluding hydrogens is 417 g/mol. The van der Waals surface area contributed by atoms with Crippen molar-refractivity contribution in [1.29, 1.82) is 0 Å². The molecule has 3 aromatic carbocycles. The highest BCUT2D eigenvalue weighted by Crippen LogP contribution is 2.30. The summed E-state index contributed by atoms with van der Waals surface area (Å²) in [6, 6.07) is 22.9. The summed E-state index contributed by atoms with van der Waals surface area (Å²) in [7, 11) is 0. The maximum absolute atomic E-state index is 13.2. The Bertz CT molecular complexity index is 1270. The number of aromatic nitrogens is 2. The van der Waals surface area contributed by atoms with Crippen LogP contribution in [0.15, 0.2) is 85.1 Å². The van der Waals surface area contributed by atoms with Gasteiger partial charge in [0.05, 0.1) is 6.04 Å². The number of nitrogens with one attached hydrogen (secondary N) is 1. The average molecular weight is 439 g/mol. The summed E-state index contributed by atoms with van der Waals surface area (Å²) in [5, 5.41) is 3.16. The monoisotopic (exact) mass is 439 g/mol. The number of hydrogen-bond acceptors (Lipinski definition) is 4. The van der Waals surface area contributed by atoms with Crippen LogP contribution < -0.4 is 10.1 Å². The third-order valence-corrected chi connectivity index (χ3v) is 5.75. The fraction of sp³-hybridized carbons (Fsp3) is 0.148. The summed E-state index contributed by atoms with van der Waals surface area (Å²) in [4.78, 5) is 21.4. The predicted molar refractivity (Wildman–Crippen MR) is 124 cm³/mol. The van der Waals surface area contributed by atoms with E-state index in [9.17, 15) is 9.18 Å². The minimum atomic E-state index is -0.317. The van der Waals surface area contributed by atoms with E-state index < -0.39 is 0 Å². The zero-order chi connectivity index (χ0) is 22.6. The SMILES string of the molecule is O=C(NC1CCCc2ccccc21)c1ccc(Oc2ccnc(-c3ccc(F)cc3)n2)cc1. The third-order valence-electron chi connectivity index (χ3n) is 5.75. The molecule has 0 aliphatic heterocycles. The Hall–Kier alpha value is -4.06.